The van der Waals surface area contributed by atoms with Crippen LogP contribution in [0.25, 0.3) is 0 Å². The lowest BCUT2D eigenvalue weighted by molar-refractivity contribution is -0.127. The van der Waals surface area contributed by atoms with E-state index in [0.717, 1.165) is 10.5 Å². The lowest BCUT2D eigenvalue weighted by Gasteiger charge is -2.12. The lowest BCUT2D eigenvalue weighted by Crippen LogP contribution is -2.42. The third-order valence-corrected chi connectivity index (χ3v) is 4.62. The molecule has 2 rings (SSSR count). The van der Waals surface area contributed by atoms with Gasteiger partial charge in [-0.25, -0.2) is 9.59 Å². The maximum absolute atomic E-state index is 12.2. The molecule has 0 aliphatic carbocycles. The summed E-state index contributed by atoms with van der Waals surface area (Å²) in [6, 6.07) is 13.4. The highest BCUT2D eigenvalue weighted by molar-refractivity contribution is 7.98. The maximum atomic E-state index is 12.2. The summed E-state index contributed by atoms with van der Waals surface area (Å²) in [7, 11) is 0. The molecule has 0 unspecified atom stereocenters. The Morgan fingerprint density at radius 1 is 1.19 bits per heavy atom. The van der Waals surface area contributed by atoms with Gasteiger partial charge in [-0.1, -0.05) is 23.7 Å². The zero-order valence-corrected chi connectivity index (χ0v) is 15.5. The van der Waals surface area contributed by atoms with Crippen LogP contribution in [0.4, 0.5) is 4.79 Å². The SMILES string of the molecule is C[C@@H](OC(=O)c1cccc(CSc2ccc(Cl)cc2)c1)C(=O)NC(N)=O. The Bertz CT molecular complexity index is 811. The second-order valence-corrected chi connectivity index (χ2v) is 6.83. The topological polar surface area (TPSA) is 98.5 Å². The van der Waals surface area contributed by atoms with Crippen LogP contribution in [0.15, 0.2) is 53.4 Å². The number of imide groups is 1. The maximum Gasteiger partial charge on any atom is 0.338 e. The second-order valence-electron chi connectivity index (χ2n) is 5.34. The standard InChI is InChI=1S/C18H17ClN2O4S/c1-11(16(22)21-18(20)24)25-17(23)13-4-2-3-12(9-13)10-26-15-7-5-14(19)6-8-15/h2-9,11H,10H2,1H3,(H3,20,21,22,24)/t11-/m1/s1. The van der Waals surface area contributed by atoms with Gasteiger partial charge in [0.1, 0.15) is 0 Å². The molecule has 8 heteroatoms. The third kappa shape index (κ3) is 6.09. The van der Waals surface area contributed by atoms with E-state index in [1.165, 1.54) is 6.92 Å². The summed E-state index contributed by atoms with van der Waals surface area (Å²) in [5, 5.41) is 2.54. The van der Waals surface area contributed by atoms with Crippen molar-refractivity contribution >= 4 is 41.3 Å². The minimum absolute atomic E-state index is 0.318. The molecule has 0 aliphatic rings. The molecule has 1 atom stereocenters. The average Bonchev–Trinajstić information content (AvgIpc) is 2.61. The zero-order valence-electron chi connectivity index (χ0n) is 13.9. The molecule has 0 aromatic heterocycles. The Balaban J connectivity index is 1.96. The predicted molar refractivity (Wildman–Crippen MR) is 100 cm³/mol. The molecule has 0 saturated heterocycles. The molecule has 2 aromatic carbocycles. The molecular weight excluding hydrogens is 376 g/mol. The Kier molecular flexibility index (Phi) is 7.06. The molecule has 6 nitrogen and oxygen atoms in total. The van der Waals surface area contributed by atoms with Gasteiger partial charge in [0.05, 0.1) is 5.56 Å². The number of nitrogens with two attached hydrogens (primary N) is 1. The van der Waals surface area contributed by atoms with Gasteiger partial charge in [0, 0.05) is 15.7 Å². The van der Waals surface area contributed by atoms with Crippen molar-refractivity contribution in [3.63, 3.8) is 0 Å². The summed E-state index contributed by atoms with van der Waals surface area (Å²) in [4.78, 5) is 35.5. The largest absolute Gasteiger partial charge is 0.449 e. The van der Waals surface area contributed by atoms with Crippen LogP contribution in [0, 0.1) is 0 Å². The summed E-state index contributed by atoms with van der Waals surface area (Å²) in [5.74, 6) is -0.781. The van der Waals surface area contributed by atoms with Gasteiger partial charge in [-0.15, -0.1) is 11.8 Å². The summed E-state index contributed by atoms with van der Waals surface area (Å²) in [6.07, 6.45) is -1.14. The Hall–Kier alpha value is -2.51. The van der Waals surface area contributed by atoms with Gasteiger partial charge in [0.2, 0.25) is 0 Å². The number of urea groups is 1. The lowest BCUT2D eigenvalue weighted by atomic mass is 10.1. The van der Waals surface area contributed by atoms with Crippen LogP contribution in [0.2, 0.25) is 5.02 Å². The van der Waals surface area contributed by atoms with E-state index in [1.807, 2.05) is 35.6 Å². The molecular formula is C18H17ClN2O4S. The number of carbonyl (C=O) groups is 3. The van der Waals surface area contributed by atoms with Crippen molar-refractivity contribution in [3.05, 3.63) is 64.7 Å². The first-order valence-electron chi connectivity index (χ1n) is 7.63. The minimum Gasteiger partial charge on any atom is -0.449 e. The number of thioether (sulfide) groups is 1. The van der Waals surface area contributed by atoms with E-state index in [2.05, 4.69) is 0 Å². The molecule has 0 fully saturated rings. The molecule has 3 N–H and O–H groups in total. The molecule has 0 spiro atoms. The van der Waals surface area contributed by atoms with Gasteiger partial charge in [-0.2, -0.15) is 0 Å². The highest BCUT2D eigenvalue weighted by Gasteiger charge is 2.20. The normalized spacial score (nSPS) is 11.5. The zero-order chi connectivity index (χ0) is 19.1. The Morgan fingerprint density at radius 3 is 2.54 bits per heavy atom. The minimum atomic E-state index is -1.14. The third-order valence-electron chi connectivity index (χ3n) is 3.28. The van der Waals surface area contributed by atoms with Gasteiger partial charge in [-0.05, 0) is 48.9 Å². The first kappa shape index (κ1) is 19.8. The number of rotatable bonds is 6. The fraction of sp³-hybridized carbons (Fsp3) is 0.167. The predicted octanol–water partition coefficient (Wildman–Crippen LogP) is 3.37. The van der Waals surface area contributed by atoms with E-state index in [-0.39, 0.29) is 0 Å². The summed E-state index contributed by atoms with van der Waals surface area (Å²) in [6.45, 7) is 1.36. The number of esters is 1. The number of hydrogen-bond donors (Lipinski definition) is 2. The summed E-state index contributed by atoms with van der Waals surface area (Å²) >= 11 is 7.46. The first-order chi connectivity index (χ1) is 12.3. The van der Waals surface area contributed by atoms with Crippen LogP contribution in [-0.4, -0.2) is 24.0 Å². The highest BCUT2D eigenvalue weighted by Crippen LogP contribution is 2.24. The van der Waals surface area contributed by atoms with Crippen molar-refractivity contribution in [1.82, 2.24) is 5.32 Å². The molecule has 2 aromatic rings. The number of primary amides is 1. The molecule has 3 amide bonds. The number of benzene rings is 2. The first-order valence-corrected chi connectivity index (χ1v) is 9.00. The van der Waals surface area contributed by atoms with E-state index >= 15 is 0 Å². The van der Waals surface area contributed by atoms with Gasteiger partial charge in [-0.3, -0.25) is 10.1 Å². The van der Waals surface area contributed by atoms with Gasteiger partial charge in [0.25, 0.3) is 5.91 Å². The van der Waals surface area contributed by atoms with Crippen molar-refractivity contribution in [1.29, 1.82) is 0 Å². The molecule has 0 radical (unpaired) electrons. The van der Waals surface area contributed by atoms with Crippen LogP contribution in [0.1, 0.15) is 22.8 Å². The van der Waals surface area contributed by atoms with E-state index in [1.54, 1.807) is 30.0 Å². The Morgan fingerprint density at radius 2 is 1.88 bits per heavy atom. The highest BCUT2D eigenvalue weighted by atomic mass is 35.5. The van der Waals surface area contributed by atoms with Crippen LogP contribution >= 0.6 is 23.4 Å². The molecule has 0 heterocycles. The fourth-order valence-electron chi connectivity index (χ4n) is 1.99. The fourth-order valence-corrected chi connectivity index (χ4v) is 2.96. The van der Waals surface area contributed by atoms with Crippen LogP contribution < -0.4 is 11.1 Å². The summed E-state index contributed by atoms with van der Waals surface area (Å²) < 4.78 is 5.05. The molecule has 0 bridgehead atoms. The van der Waals surface area contributed by atoms with Gasteiger partial charge >= 0.3 is 12.0 Å². The number of halogens is 1. The van der Waals surface area contributed by atoms with Crippen molar-refractivity contribution in [2.24, 2.45) is 5.73 Å². The monoisotopic (exact) mass is 392 g/mol. The quantitative estimate of drug-likeness (QED) is 0.580. The molecule has 136 valence electrons. The van der Waals surface area contributed by atoms with E-state index < -0.39 is 24.0 Å². The van der Waals surface area contributed by atoms with Gasteiger partial charge < -0.3 is 10.5 Å². The van der Waals surface area contributed by atoms with Crippen molar-refractivity contribution in [3.8, 4) is 0 Å². The number of ether oxygens (including phenoxy) is 1. The Labute approximate surface area is 160 Å². The van der Waals surface area contributed by atoms with Crippen LogP contribution in [0.3, 0.4) is 0 Å². The molecule has 0 aliphatic heterocycles. The van der Waals surface area contributed by atoms with E-state index in [9.17, 15) is 14.4 Å². The smallest absolute Gasteiger partial charge is 0.338 e. The van der Waals surface area contributed by atoms with E-state index in [0.29, 0.717) is 16.3 Å². The average molecular weight is 393 g/mol. The van der Waals surface area contributed by atoms with Gasteiger partial charge in [0.15, 0.2) is 6.10 Å². The van der Waals surface area contributed by atoms with Crippen molar-refractivity contribution in [2.45, 2.75) is 23.7 Å². The molecule has 0 saturated carbocycles. The van der Waals surface area contributed by atoms with Crippen molar-refractivity contribution < 1.29 is 19.1 Å². The number of amides is 3. The number of hydrogen-bond acceptors (Lipinski definition) is 5. The number of carbonyl (C=O) groups excluding carboxylic acids is 3. The second kappa shape index (κ2) is 9.26. The molecule has 26 heavy (non-hydrogen) atoms. The van der Waals surface area contributed by atoms with Crippen molar-refractivity contribution in [2.75, 3.05) is 0 Å². The summed E-state index contributed by atoms with van der Waals surface area (Å²) in [5.41, 5.74) is 6.10. The van der Waals surface area contributed by atoms with Crippen LogP contribution in [-0.2, 0) is 15.3 Å². The van der Waals surface area contributed by atoms with E-state index in [4.69, 9.17) is 22.1 Å². The van der Waals surface area contributed by atoms with Crippen LogP contribution in [0.5, 0.6) is 0 Å². The number of nitrogens with one attached hydrogen (secondary N) is 1.